The summed E-state index contributed by atoms with van der Waals surface area (Å²) in [5.41, 5.74) is 6.54. The normalized spacial score (nSPS) is 12.5. The van der Waals surface area contributed by atoms with Crippen molar-refractivity contribution in [1.29, 1.82) is 0 Å². The summed E-state index contributed by atoms with van der Waals surface area (Å²) in [7, 11) is 1.61. The Bertz CT molecular complexity index is 404. The molecule has 0 amide bonds. The number of rotatable bonds is 8. The lowest BCUT2D eigenvalue weighted by atomic mass is 9.96. The average Bonchev–Trinajstić information content (AvgIpc) is 2.39. The molecule has 0 saturated carbocycles. The van der Waals surface area contributed by atoms with Crippen LogP contribution in [0.5, 0.6) is 5.75 Å². The number of carbonyl (C=O) groups is 1. The van der Waals surface area contributed by atoms with E-state index in [1.54, 1.807) is 19.2 Å². The number of benzene rings is 1. The van der Waals surface area contributed by atoms with Gasteiger partial charge in [0.25, 0.3) is 0 Å². The predicted molar refractivity (Wildman–Crippen MR) is 75.6 cm³/mol. The van der Waals surface area contributed by atoms with Crippen molar-refractivity contribution >= 4 is 5.78 Å². The van der Waals surface area contributed by atoms with Gasteiger partial charge in [-0.15, -0.1) is 0 Å². The van der Waals surface area contributed by atoms with E-state index in [-0.39, 0.29) is 17.7 Å². The number of hydrogen-bond donors (Lipinski definition) is 1. The van der Waals surface area contributed by atoms with Crippen LogP contribution in [-0.2, 0) is 4.74 Å². The van der Waals surface area contributed by atoms with Crippen LogP contribution in [0.25, 0.3) is 0 Å². The van der Waals surface area contributed by atoms with Crippen molar-refractivity contribution < 1.29 is 14.3 Å². The third-order valence-electron chi connectivity index (χ3n) is 3.01. The van der Waals surface area contributed by atoms with Crippen LogP contribution in [-0.4, -0.2) is 32.1 Å². The first-order chi connectivity index (χ1) is 9.06. The number of nitrogens with two attached hydrogens (primary N) is 1. The summed E-state index contributed by atoms with van der Waals surface area (Å²) in [6.45, 7) is 4.95. The van der Waals surface area contributed by atoms with E-state index in [0.717, 1.165) is 0 Å². The number of hydrogen-bond acceptors (Lipinski definition) is 4. The summed E-state index contributed by atoms with van der Waals surface area (Å²) >= 11 is 0. The summed E-state index contributed by atoms with van der Waals surface area (Å²) in [4.78, 5) is 12.2. The molecule has 0 heterocycles. The topological polar surface area (TPSA) is 61.5 Å². The molecule has 0 aliphatic rings. The van der Waals surface area contributed by atoms with Crippen molar-refractivity contribution in [3.8, 4) is 5.75 Å². The molecule has 2 N–H and O–H groups in total. The monoisotopic (exact) mass is 265 g/mol. The van der Waals surface area contributed by atoms with Crippen LogP contribution in [0.1, 0.15) is 30.6 Å². The Kier molecular flexibility index (Phi) is 6.53. The molecule has 1 aromatic carbocycles. The largest absolute Gasteiger partial charge is 0.490 e. The molecule has 1 rings (SSSR count). The van der Waals surface area contributed by atoms with Gasteiger partial charge < -0.3 is 15.2 Å². The Morgan fingerprint density at radius 1 is 1.26 bits per heavy atom. The van der Waals surface area contributed by atoms with E-state index in [9.17, 15) is 4.79 Å². The molecule has 0 bridgehead atoms. The molecule has 0 aliphatic carbocycles. The van der Waals surface area contributed by atoms with Gasteiger partial charge >= 0.3 is 0 Å². The average molecular weight is 265 g/mol. The number of ketones is 1. The van der Waals surface area contributed by atoms with Gasteiger partial charge in [-0.05, 0) is 18.1 Å². The van der Waals surface area contributed by atoms with Crippen LogP contribution in [0.3, 0.4) is 0 Å². The van der Waals surface area contributed by atoms with E-state index in [2.05, 4.69) is 0 Å². The van der Waals surface area contributed by atoms with Gasteiger partial charge in [-0.1, -0.05) is 26.0 Å². The van der Waals surface area contributed by atoms with Crippen molar-refractivity contribution in [2.75, 3.05) is 20.3 Å². The molecule has 0 spiro atoms. The second-order valence-electron chi connectivity index (χ2n) is 4.87. The summed E-state index contributed by atoms with van der Waals surface area (Å²) in [6, 6.07) is 7.12. The zero-order valence-electron chi connectivity index (χ0n) is 11.9. The summed E-state index contributed by atoms with van der Waals surface area (Å²) in [5, 5.41) is 0. The van der Waals surface area contributed by atoms with Gasteiger partial charge in [-0.2, -0.15) is 0 Å². The maximum Gasteiger partial charge on any atom is 0.168 e. The fraction of sp³-hybridized carbons (Fsp3) is 0.533. The van der Waals surface area contributed by atoms with Crippen molar-refractivity contribution in [1.82, 2.24) is 0 Å². The van der Waals surface area contributed by atoms with Crippen LogP contribution >= 0.6 is 0 Å². The zero-order valence-corrected chi connectivity index (χ0v) is 11.9. The maximum atomic E-state index is 12.2. The first-order valence-corrected chi connectivity index (χ1v) is 6.55. The van der Waals surface area contributed by atoms with Gasteiger partial charge in [-0.3, -0.25) is 4.79 Å². The SMILES string of the molecule is COCCOc1ccccc1C(=O)CC(N)C(C)C. The smallest absolute Gasteiger partial charge is 0.168 e. The molecular formula is C15H23NO3. The van der Waals surface area contributed by atoms with E-state index in [0.29, 0.717) is 30.9 Å². The molecule has 0 aliphatic heterocycles. The molecule has 0 saturated heterocycles. The Balaban J connectivity index is 2.73. The Morgan fingerprint density at radius 2 is 1.95 bits per heavy atom. The van der Waals surface area contributed by atoms with Crippen molar-refractivity contribution in [2.24, 2.45) is 11.7 Å². The highest BCUT2D eigenvalue weighted by molar-refractivity contribution is 5.99. The number of Topliss-reactive ketones (excluding diaryl/α,β-unsaturated/α-hetero) is 1. The lowest BCUT2D eigenvalue weighted by Crippen LogP contribution is -2.29. The number of para-hydroxylation sites is 1. The molecule has 0 radical (unpaired) electrons. The highest BCUT2D eigenvalue weighted by atomic mass is 16.5. The van der Waals surface area contributed by atoms with Crippen molar-refractivity contribution in [3.63, 3.8) is 0 Å². The lowest BCUT2D eigenvalue weighted by Gasteiger charge is -2.16. The number of methoxy groups -OCH3 is 1. The molecule has 1 atom stereocenters. The highest BCUT2D eigenvalue weighted by Gasteiger charge is 2.17. The minimum absolute atomic E-state index is 0.0224. The fourth-order valence-corrected chi connectivity index (χ4v) is 1.62. The van der Waals surface area contributed by atoms with Gasteiger partial charge in [0, 0.05) is 19.6 Å². The molecule has 19 heavy (non-hydrogen) atoms. The Labute approximate surface area is 114 Å². The molecule has 0 aromatic heterocycles. The zero-order chi connectivity index (χ0) is 14.3. The molecule has 4 nitrogen and oxygen atoms in total. The molecule has 1 unspecified atom stereocenters. The van der Waals surface area contributed by atoms with Crippen LogP contribution in [0.15, 0.2) is 24.3 Å². The summed E-state index contributed by atoms with van der Waals surface area (Å²) < 4.78 is 10.5. The number of carbonyl (C=O) groups excluding carboxylic acids is 1. The fourth-order valence-electron chi connectivity index (χ4n) is 1.62. The first-order valence-electron chi connectivity index (χ1n) is 6.55. The molecule has 4 heteroatoms. The quantitative estimate of drug-likeness (QED) is 0.578. The van der Waals surface area contributed by atoms with Crippen LogP contribution < -0.4 is 10.5 Å². The first kappa shape index (κ1) is 15.7. The third kappa shape index (κ3) is 5.01. The van der Waals surface area contributed by atoms with Crippen LogP contribution in [0, 0.1) is 5.92 Å². The molecule has 106 valence electrons. The minimum atomic E-state index is -0.125. The Morgan fingerprint density at radius 3 is 2.58 bits per heavy atom. The predicted octanol–water partition coefficient (Wildman–Crippen LogP) is 2.27. The van der Waals surface area contributed by atoms with Gasteiger partial charge in [0.2, 0.25) is 0 Å². The van der Waals surface area contributed by atoms with E-state index < -0.39 is 0 Å². The van der Waals surface area contributed by atoms with Crippen molar-refractivity contribution in [2.45, 2.75) is 26.3 Å². The standard InChI is InChI=1S/C15H23NO3/c1-11(2)13(16)10-14(17)12-6-4-5-7-15(12)19-9-8-18-3/h4-7,11,13H,8-10,16H2,1-3H3. The molecular weight excluding hydrogens is 242 g/mol. The molecule has 1 aromatic rings. The van der Waals surface area contributed by atoms with E-state index in [1.165, 1.54) is 0 Å². The third-order valence-corrected chi connectivity index (χ3v) is 3.01. The Hall–Kier alpha value is -1.39. The second-order valence-corrected chi connectivity index (χ2v) is 4.87. The van der Waals surface area contributed by atoms with E-state index in [4.69, 9.17) is 15.2 Å². The van der Waals surface area contributed by atoms with E-state index >= 15 is 0 Å². The maximum absolute atomic E-state index is 12.2. The van der Waals surface area contributed by atoms with Gasteiger partial charge in [-0.25, -0.2) is 0 Å². The minimum Gasteiger partial charge on any atom is -0.490 e. The summed E-state index contributed by atoms with van der Waals surface area (Å²) in [6.07, 6.45) is 0.336. The van der Waals surface area contributed by atoms with Gasteiger partial charge in [0.15, 0.2) is 5.78 Å². The lowest BCUT2D eigenvalue weighted by molar-refractivity contribution is 0.0960. The van der Waals surface area contributed by atoms with Crippen LogP contribution in [0.4, 0.5) is 0 Å². The van der Waals surface area contributed by atoms with Crippen molar-refractivity contribution in [3.05, 3.63) is 29.8 Å². The van der Waals surface area contributed by atoms with Gasteiger partial charge in [0.05, 0.1) is 12.2 Å². The second kappa shape index (κ2) is 7.92. The highest BCUT2D eigenvalue weighted by Crippen LogP contribution is 2.21. The van der Waals surface area contributed by atoms with Gasteiger partial charge in [0.1, 0.15) is 12.4 Å². The molecule has 0 fully saturated rings. The van der Waals surface area contributed by atoms with E-state index in [1.807, 2.05) is 26.0 Å². The summed E-state index contributed by atoms with van der Waals surface area (Å²) in [5.74, 6) is 0.903. The van der Waals surface area contributed by atoms with Crippen LogP contribution in [0.2, 0.25) is 0 Å². The number of ether oxygens (including phenoxy) is 2.